The molecule has 0 aromatic carbocycles. The van der Waals surface area contributed by atoms with Crippen LogP contribution in [0.3, 0.4) is 0 Å². The minimum Gasteiger partial charge on any atom is -0.383 e. The summed E-state index contributed by atoms with van der Waals surface area (Å²) in [6, 6.07) is 6.33. The van der Waals surface area contributed by atoms with Gasteiger partial charge in [-0.15, -0.1) is 0 Å². The Morgan fingerprint density at radius 3 is 2.59 bits per heavy atom. The number of aryl methyl sites for hydroxylation is 1. The first kappa shape index (κ1) is 26.6. The van der Waals surface area contributed by atoms with Crippen molar-refractivity contribution in [2.75, 3.05) is 38.8 Å². The van der Waals surface area contributed by atoms with Gasteiger partial charge in [0.1, 0.15) is 5.82 Å². The predicted molar refractivity (Wildman–Crippen MR) is 153 cm³/mol. The summed E-state index contributed by atoms with van der Waals surface area (Å²) in [4.78, 5) is 24.2. The molecule has 0 aliphatic carbocycles. The normalized spacial score (nSPS) is 16.2. The van der Waals surface area contributed by atoms with Gasteiger partial charge in [-0.2, -0.15) is 10.2 Å². The van der Waals surface area contributed by atoms with Crippen LogP contribution in [0.25, 0.3) is 27.8 Å². The highest BCUT2D eigenvalue weighted by Crippen LogP contribution is 2.35. The van der Waals surface area contributed by atoms with E-state index in [-0.39, 0.29) is 11.9 Å². The molecular formula is C29H36N8O2. The second-order valence-corrected chi connectivity index (χ2v) is 10.6. The Hall–Kier alpha value is -4.05. The molecule has 0 spiro atoms. The standard InChI is InChI=1S/C29H36N8O2/c1-20(19-39-5)34-28(38)29(2)8-10-36(11-9-29)26-7-6-21(14-31-26)25-12-22(24-16-32-35(4)17-24)18-37-27(25)23(13-30-3)15-33-37/h6-7,12-18,20H,8-11,19H2,1-5H3,(H,34,38). The molecule has 0 saturated carbocycles. The highest BCUT2D eigenvalue weighted by molar-refractivity contribution is 5.97. The molecule has 5 heterocycles. The maximum atomic E-state index is 12.9. The number of ether oxygens (including phenoxy) is 1. The molecule has 1 saturated heterocycles. The van der Waals surface area contributed by atoms with Gasteiger partial charge in [-0.1, -0.05) is 6.92 Å². The summed E-state index contributed by atoms with van der Waals surface area (Å²) in [5.74, 6) is 1.01. The van der Waals surface area contributed by atoms with Gasteiger partial charge in [0.05, 0.1) is 24.5 Å². The number of aliphatic imine (C=N–C) groups is 1. The van der Waals surface area contributed by atoms with Crippen LogP contribution in [0, 0.1) is 5.41 Å². The summed E-state index contributed by atoms with van der Waals surface area (Å²) >= 11 is 0. The Morgan fingerprint density at radius 2 is 1.95 bits per heavy atom. The quantitative estimate of drug-likeness (QED) is 0.351. The third kappa shape index (κ3) is 5.42. The van der Waals surface area contributed by atoms with Crippen LogP contribution in [-0.2, 0) is 16.6 Å². The molecule has 204 valence electrons. The van der Waals surface area contributed by atoms with Crippen LogP contribution in [0.1, 0.15) is 32.3 Å². The molecule has 10 nitrogen and oxygen atoms in total. The predicted octanol–water partition coefficient (Wildman–Crippen LogP) is 3.60. The first-order valence-electron chi connectivity index (χ1n) is 13.2. The van der Waals surface area contributed by atoms with Gasteiger partial charge in [0, 0.05) is 98.4 Å². The summed E-state index contributed by atoms with van der Waals surface area (Å²) in [6.45, 7) is 6.07. The Balaban J connectivity index is 1.39. The fraction of sp³-hybridized carbons (Fsp3) is 0.414. The van der Waals surface area contributed by atoms with Crippen molar-refractivity contribution < 1.29 is 9.53 Å². The van der Waals surface area contributed by atoms with Gasteiger partial charge in [-0.05, 0) is 38.0 Å². The van der Waals surface area contributed by atoms with Gasteiger partial charge < -0.3 is 15.0 Å². The Labute approximate surface area is 228 Å². The number of methoxy groups -OCH3 is 1. The third-order valence-corrected chi connectivity index (χ3v) is 7.54. The highest BCUT2D eigenvalue weighted by atomic mass is 16.5. The van der Waals surface area contributed by atoms with Crippen LogP contribution in [-0.4, -0.2) is 76.4 Å². The van der Waals surface area contributed by atoms with Crippen molar-refractivity contribution in [1.29, 1.82) is 0 Å². The monoisotopic (exact) mass is 528 g/mol. The number of rotatable bonds is 8. The van der Waals surface area contributed by atoms with Crippen molar-refractivity contribution in [3.63, 3.8) is 0 Å². The lowest BCUT2D eigenvalue weighted by molar-refractivity contribution is -0.132. The van der Waals surface area contributed by atoms with Crippen molar-refractivity contribution in [1.82, 2.24) is 29.7 Å². The minimum atomic E-state index is -0.393. The molecule has 1 atom stereocenters. The summed E-state index contributed by atoms with van der Waals surface area (Å²) in [7, 11) is 5.32. The summed E-state index contributed by atoms with van der Waals surface area (Å²) in [5.41, 5.74) is 5.59. The number of nitrogens with one attached hydrogen (secondary N) is 1. The number of nitrogens with zero attached hydrogens (tertiary/aromatic N) is 7. The van der Waals surface area contributed by atoms with Crippen LogP contribution in [0.4, 0.5) is 5.82 Å². The van der Waals surface area contributed by atoms with E-state index in [9.17, 15) is 4.79 Å². The van der Waals surface area contributed by atoms with Gasteiger partial charge in [0.15, 0.2) is 0 Å². The van der Waals surface area contributed by atoms with Gasteiger partial charge in [0.2, 0.25) is 5.91 Å². The maximum Gasteiger partial charge on any atom is 0.226 e. The third-order valence-electron chi connectivity index (χ3n) is 7.54. The van der Waals surface area contributed by atoms with E-state index in [1.165, 1.54) is 0 Å². The van der Waals surface area contributed by atoms with E-state index in [0.29, 0.717) is 6.61 Å². The molecule has 1 aliphatic rings. The smallest absolute Gasteiger partial charge is 0.226 e. The molecule has 1 unspecified atom stereocenters. The number of fused-ring (bicyclic) bond motifs is 1. The van der Waals surface area contributed by atoms with E-state index in [2.05, 4.69) is 50.5 Å². The molecule has 4 aromatic heterocycles. The van der Waals surface area contributed by atoms with E-state index < -0.39 is 5.41 Å². The molecule has 10 heteroatoms. The molecule has 1 fully saturated rings. The van der Waals surface area contributed by atoms with E-state index in [1.54, 1.807) is 18.8 Å². The van der Waals surface area contributed by atoms with Crippen molar-refractivity contribution in [3.05, 3.63) is 54.7 Å². The van der Waals surface area contributed by atoms with Crippen molar-refractivity contribution in [2.45, 2.75) is 32.7 Å². The fourth-order valence-corrected chi connectivity index (χ4v) is 5.21. The number of anilines is 1. The number of hydrogen-bond acceptors (Lipinski definition) is 7. The molecule has 1 N–H and O–H groups in total. The lowest BCUT2D eigenvalue weighted by Crippen LogP contribution is -2.50. The van der Waals surface area contributed by atoms with E-state index in [0.717, 1.165) is 65.1 Å². The first-order valence-corrected chi connectivity index (χ1v) is 13.2. The lowest BCUT2D eigenvalue weighted by atomic mass is 9.79. The van der Waals surface area contributed by atoms with Crippen LogP contribution < -0.4 is 10.2 Å². The SMILES string of the molecule is CN=Cc1cnn2cc(-c3cnn(C)c3)cc(-c3ccc(N4CCC(C)(C(=O)NC(C)COC)CC4)nc3)c12. The molecule has 39 heavy (non-hydrogen) atoms. The van der Waals surface area contributed by atoms with Crippen molar-refractivity contribution in [3.8, 4) is 22.3 Å². The number of carbonyl (C=O) groups is 1. The zero-order chi connectivity index (χ0) is 27.6. The van der Waals surface area contributed by atoms with Crippen LogP contribution >= 0.6 is 0 Å². The average molecular weight is 529 g/mol. The molecule has 0 bridgehead atoms. The number of piperidine rings is 1. The van der Waals surface area contributed by atoms with Crippen LogP contribution in [0.15, 0.2) is 54.2 Å². The zero-order valence-corrected chi connectivity index (χ0v) is 23.3. The van der Waals surface area contributed by atoms with Crippen molar-refractivity contribution >= 4 is 23.5 Å². The lowest BCUT2D eigenvalue weighted by Gasteiger charge is -2.39. The van der Waals surface area contributed by atoms with Gasteiger partial charge in [-0.3, -0.25) is 14.5 Å². The highest BCUT2D eigenvalue weighted by Gasteiger charge is 2.37. The van der Waals surface area contributed by atoms with Crippen LogP contribution in [0.2, 0.25) is 0 Å². The summed E-state index contributed by atoms with van der Waals surface area (Å²) in [5, 5.41) is 12.0. The van der Waals surface area contributed by atoms with Crippen LogP contribution in [0.5, 0.6) is 0 Å². The first-order chi connectivity index (χ1) is 18.8. The van der Waals surface area contributed by atoms with Gasteiger partial charge in [-0.25, -0.2) is 9.50 Å². The fourth-order valence-electron chi connectivity index (χ4n) is 5.21. The van der Waals surface area contributed by atoms with E-state index in [1.807, 2.05) is 55.7 Å². The zero-order valence-electron chi connectivity index (χ0n) is 23.3. The molecule has 1 amide bonds. The second-order valence-electron chi connectivity index (χ2n) is 10.6. The number of aromatic nitrogens is 5. The number of amides is 1. The Bertz CT molecular complexity index is 1480. The number of carbonyl (C=O) groups excluding carboxylic acids is 1. The largest absolute Gasteiger partial charge is 0.383 e. The molecule has 5 rings (SSSR count). The van der Waals surface area contributed by atoms with Crippen molar-refractivity contribution in [2.24, 2.45) is 17.5 Å². The molecule has 0 radical (unpaired) electrons. The van der Waals surface area contributed by atoms with Gasteiger partial charge in [0.25, 0.3) is 0 Å². The summed E-state index contributed by atoms with van der Waals surface area (Å²) in [6.07, 6.45) is 13.0. The number of hydrogen-bond donors (Lipinski definition) is 1. The van der Waals surface area contributed by atoms with E-state index in [4.69, 9.17) is 9.72 Å². The Kier molecular flexibility index (Phi) is 7.47. The molecule has 4 aromatic rings. The Morgan fingerprint density at radius 1 is 1.15 bits per heavy atom. The summed E-state index contributed by atoms with van der Waals surface area (Å²) < 4.78 is 8.85. The molecular weight excluding hydrogens is 492 g/mol. The average Bonchev–Trinajstić information content (AvgIpc) is 3.55. The maximum absolute atomic E-state index is 12.9. The molecule has 1 aliphatic heterocycles. The number of pyridine rings is 2. The van der Waals surface area contributed by atoms with E-state index >= 15 is 0 Å². The topological polar surface area (TPSA) is 102 Å². The second kappa shape index (κ2) is 11.0. The minimum absolute atomic E-state index is 0.00501. The van der Waals surface area contributed by atoms with Gasteiger partial charge >= 0.3 is 0 Å².